The average Bonchev–Trinajstić information content (AvgIpc) is 2.92. The largest absolute Gasteiger partial charge is 0.462 e. The van der Waals surface area contributed by atoms with Gasteiger partial charge in [0.1, 0.15) is 6.10 Å². The number of carbonyl (C=O) groups excluding carboxylic acids is 1. The fourth-order valence-corrected chi connectivity index (χ4v) is 4.72. The summed E-state index contributed by atoms with van der Waals surface area (Å²) in [6.07, 6.45) is 9.08. The Morgan fingerprint density at radius 1 is 1.25 bits per heavy atom. The minimum absolute atomic E-state index is 0.0190. The van der Waals surface area contributed by atoms with Gasteiger partial charge >= 0.3 is 5.97 Å². The van der Waals surface area contributed by atoms with Crippen molar-refractivity contribution in [3.8, 4) is 0 Å². The highest BCUT2D eigenvalue weighted by Crippen LogP contribution is 2.38. The molecule has 0 aliphatic carbocycles. The molecule has 0 aromatic carbocycles. The molecule has 0 amide bonds. The summed E-state index contributed by atoms with van der Waals surface area (Å²) in [6.45, 7) is 7.01. The maximum absolute atomic E-state index is 11.5. The van der Waals surface area contributed by atoms with E-state index >= 15 is 0 Å². The Kier molecular flexibility index (Phi) is 4.34. The second kappa shape index (κ2) is 6.05. The monoisotopic (exact) mass is 279 g/mol. The fraction of sp³-hybridized carbons (Fsp3) is 0.941. The van der Waals surface area contributed by atoms with Gasteiger partial charge in [0.15, 0.2) is 0 Å². The molecule has 3 saturated heterocycles. The van der Waals surface area contributed by atoms with Crippen LogP contribution in [0.5, 0.6) is 0 Å². The van der Waals surface area contributed by atoms with Gasteiger partial charge in [0, 0.05) is 6.04 Å². The lowest BCUT2D eigenvalue weighted by molar-refractivity contribution is -0.144. The number of hydrogen-bond donors (Lipinski definition) is 0. The van der Waals surface area contributed by atoms with E-state index in [0.29, 0.717) is 5.92 Å². The summed E-state index contributed by atoms with van der Waals surface area (Å²) in [7, 11) is 0. The number of nitrogens with zero attached hydrogens (tertiary/aromatic N) is 1. The molecule has 3 nitrogen and oxygen atoms in total. The Bertz CT molecular complexity index is 357. The molecule has 114 valence electrons. The Labute approximate surface area is 123 Å². The van der Waals surface area contributed by atoms with Gasteiger partial charge in [-0.05, 0) is 63.5 Å². The van der Waals surface area contributed by atoms with Gasteiger partial charge in [-0.1, -0.05) is 20.3 Å². The molecule has 0 aromatic heterocycles. The highest BCUT2D eigenvalue weighted by atomic mass is 16.5. The first-order chi connectivity index (χ1) is 9.65. The first-order valence-electron chi connectivity index (χ1n) is 8.59. The van der Waals surface area contributed by atoms with E-state index in [1.165, 1.54) is 45.2 Å². The van der Waals surface area contributed by atoms with Crippen LogP contribution < -0.4 is 0 Å². The summed E-state index contributed by atoms with van der Waals surface area (Å²) >= 11 is 0. The SMILES string of the molecule is C[C@@H]1C[C@H](C[C@@H](C)[C@H]2CCCCN3CCC[C@H]23)OC1=O. The fourth-order valence-electron chi connectivity index (χ4n) is 4.72. The highest BCUT2D eigenvalue weighted by molar-refractivity contribution is 5.74. The molecule has 0 saturated carbocycles. The Hall–Kier alpha value is -0.570. The smallest absolute Gasteiger partial charge is 0.309 e. The normalized spacial score (nSPS) is 40.2. The van der Waals surface area contributed by atoms with Crippen LogP contribution in [0.3, 0.4) is 0 Å². The van der Waals surface area contributed by atoms with E-state index in [1.54, 1.807) is 0 Å². The third kappa shape index (κ3) is 2.88. The average molecular weight is 279 g/mol. The van der Waals surface area contributed by atoms with Crippen LogP contribution in [0.25, 0.3) is 0 Å². The summed E-state index contributed by atoms with van der Waals surface area (Å²) in [5.74, 6) is 1.63. The molecule has 0 bridgehead atoms. The second-order valence-corrected chi connectivity index (χ2v) is 7.31. The number of carbonyl (C=O) groups is 1. The molecule has 0 aromatic rings. The standard InChI is InChI=1S/C17H29NO2/c1-12(10-14-11-13(2)17(19)20-14)15-6-3-4-8-18-9-5-7-16(15)18/h12-16H,3-11H2,1-2H3/t12-,13-,14+,15-,16-/m1/s1. The first kappa shape index (κ1) is 14.4. The molecule has 20 heavy (non-hydrogen) atoms. The molecule has 0 radical (unpaired) electrons. The number of fused-ring (bicyclic) bond motifs is 1. The van der Waals surface area contributed by atoms with Gasteiger partial charge in [-0.25, -0.2) is 0 Å². The van der Waals surface area contributed by atoms with Crippen LogP contribution in [0.4, 0.5) is 0 Å². The van der Waals surface area contributed by atoms with E-state index in [-0.39, 0.29) is 18.0 Å². The van der Waals surface area contributed by atoms with Gasteiger partial charge in [-0.3, -0.25) is 4.79 Å². The van der Waals surface area contributed by atoms with Crippen molar-refractivity contribution < 1.29 is 9.53 Å². The number of esters is 1. The van der Waals surface area contributed by atoms with E-state index in [9.17, 15) is 4.79 Å². The molecule has 3 aliphatic heterocycles. The van der Waals surface area contributed by atoms with Gasteiger partial charge < -0.3 is 9.64 Å². The molecule has 3 aliphatic rings. The Morgan fingerprint density at radius 2 is 2.05 bits per heavy atom. The number of ether oxygens (including phenoxy) is 1. The molecule has 3 heteroatoms. The van der Waals surface area contributed by atoms with Crippen molar-refractivity contribution >= 4 is 5.97 Å². The van der Waals surface area contributed by atoms with E-state index in [0.717, 1.165) is 24.8 Å². The van der Waals surface area contributed by atoms with Crippen molar-refractivity contribution in [3.63, 3.8) is 0 Å². The van der Waals surface area contributed by atoms with E-state index in [4.69, 9.17) is 4.74 Å². The third-order valence-electron chi connectivity index (χ3n) is 5.81. The van der Waals surface area contributed by atoms with Crippen molar-refractivity contribution in [2.75, 3.05) is 13.1 Å². The van der Waals surface area contributed by atoms with Crippen LogP contribution in [0.1, 0.15) is 58.8 Å². The molecular formula is C17H29NO2. The summed E-state index contributed by atoms with van der Waals surface area (Å²) in [5, 5.41) is 0. The predicted octanol–water partition coefficient (Wildman–Crippen LogP) is 3.23. The molecule has 5 atom stereocenters. The minimum atomic E-state index is 0.0190. The van der Waals surface area contributed by atoms with Crippen molar-refractivity contribution in [2.24, 2.45) is 17.8 Å². The van der Waals surface area contributed by atoms with Crippen LogP contribution in [0.15, 0.2) is 0 Å². The maximum Gasteiger partial charge on any atom is 0.309 e. The van der Waals surface area contributed by atoms with Crippen LogP contribution in [0.2, 0.25) is 0 Å². The van der Waals surface area contributed by atoms with Crippen molar-refractivity contribution in [1.29, 1.82) is 0 Å². The minimum Gasteiger partial charge on any atom is -0.462 e. The second-order valence-electron chi connectivity index (χ2n) is 7.31. The lowest BCUT2D eigenvalue weighted by atomic mass is 9.79. The molecule has 3 fully saturated rings. The van der Waals surface area contributed by atoms with Gasteiger partial charge in [0.05, 0.1) is 5.92 Å². The lowest BCUT2D eigenvalue weighted by Crippen LogP contribution is -2.37. The summed E-state index contributed by atoms with van der Waals surface area (Å²) in [5.41, 5.74) is 0. The van der Waals surface area contributed by atoms with E-state index < -0.39 is 0 Å². The van der Waals surface area contributed by atoms with Gasteiger partial charge in [-0.2, -0.15) is 0 Å². The van der Waals surface area contributed by atoms with Crippen molar-refractivity contribution in [2.45, 2.75) is 70.9 Å². The van der Waals surface area contributed by atoms with Gasteiger partial charge in [0.25, 0.3) is 0 Å². The first-order valence-corrected chi connectivity index (χ1v) is 8.59. The lowest BCUT2D eigenvalue weighted by Gasteiger charge is -2.33. The van der Waals surface area contributed by atoms with Crippen LogP contribution in [-0.4, -0.2) is 36.1 Å². The molecule has 0 spiro atoms. The molecule has 3 heterocycles. The maximum atomic E-state index is 11.5. The summed E-state index contributed by atoms with van der Waals surface area (Å²) < 4.78 is 5.53. The predicted molar refractivity (Wildman–Crippen MR) is 79.4 cm³/mol. The molecule has 0 unspecified atom stereocenters. The quantitative estimate of drug-likeness (QED) is 0.743. The van der Waals surface area contributed by atoms with Crippen LogP contribution in [0, 0.1) is 17.8 Å². The van der Waals surface area contributed by atoms with Gasteiger partial charge in [-0.15, -0.1) is 0 Å². The Morgan fingerprint density at radius 3 is 2.80 bits per heavy atom. The zero-order valence-corrected chi connectivity index (χ0v) is 13.0. The summed E-state index contributed by atoms with van der Waals surface area (Å²) in [4.78, 5) is 14.3. The molecule has 0 N–H and O–H groups in total. The topological polar surface area (TPSA) is 29.5 Å². The highest BCUT2D eigenvalue weighted by Gasteiger charge is 2.38. The molecule has 3 rings (SSSR count). The number of rotatable bonds is 3. The van der Waals surface area contributed by atoms with E-state index in [2.05, 4.69) is 11.8 Å². The zero-order chi connectivity index (χ0) is 14.1. The summed E-state index contributed by atoms with van der Waals surface area (Å²) in [6, 6.07) is 0.807. The Balaban J connectivity index is 1.60. The third-order valence-corrected chi connectivity index (χ3v) is 5.81. The van der Waals surface area contributed by atoms with Crippen LogP contribution in [-0.2, 0) is 9.53 Å². The van der Waals surface area contributed by atoms with E-state index in [1.807, 2.05) is 6.92 Å². The van der Waals surface area contributed by atoms with Gasteiger partial charge in [0.2, 0.25) is 0 Å². The van der Waals surface area contributed by atoms with Crippen molar-refractivity contribution in [3.05, 3.63) is 0 Å². The molecular weight excluding hydrogens is 250 g/mol. The zero-order valence-electron chi connectivity index (χ0n) is 13.0. The van der Waals surface area contributed by atoms with Crippen molar-refractivity contribution in [1.82, 2.24) is 4.90 Å². The number of cyclic esters (lactones) is 1. The van der Waals surface area contributed by atoms with Crippen LogP contribution >= 0.6 is 0 Å². The number of hydrogen-bond acceptors (Lipinski definition) is 3.